The lowest BCUT2D eigenvalue weighted by molar-refractivity contribution is -0.120. The van der Waals surface area contributed by atoms with Crippen molar-refractivity contribution in [2.45, 2.75) is 38.8 Å². The van der Waals surface area contributed by atoms with Crippen molar-refractivity contribution >= 4 is 11.6 Å². The molecule has 2 aliphatic rings. The van der Waals surface area contributed by atoms with E-state index in [1.165, 1.54) is 0 Å². The number of nitrogens with two attached hydrogens (primary N) is 1. The maximum Gasteiger partial charge on any atom is 0.230 e. The van der Waals surface area contributed by atoms with Crippen LogP contribution in [0, 0.1) is 11.8 Å². The van der Waals surface area contributed by atoms with Gasteiger partial charge < -0.3 is 10.6 Å². The van der Waals surface area contributed by atoms with E-state index in [9.17, 15) is 4.79 Å². The third-order valence-corrected chi connectivity index (χ3v) is 4.03. The largest absolute Gasteiger partial charge is 0.326 e. The summed E-state index contributed by atoms with van der Waals surface area (Å²) in [6, 6.07) is 8.55. The van der Waals surface area contributed by atoms with Crippen molar-refractivity contribution in [3.8, 4) is 0 Å². The molecule has 3 nitrogen and oxygen atoms in total. The summed E-state index contributed by atoms with van der Waals surface area (Å²) in [6.45, 7) is 2.71. The molecule has 0 bridgehead atoms. The van der Waals surface area contributed by atoms with Crippen LogP contribution >= 0.6 is 0 Å². The summed E-state index contributed by atoms with van der Waals surface area (Å²) < 4.78 is 0. The lowest BCUT2D eigenvalue weighted by atomic mass is 10.1. The zero-order valence-electron chi connectivity index (χ0n) is 10.8. The molecular formula is C15H20N2O. The van der Waals surface area contributed by atoms with E-state index in [-0.39, 0.29) is 5.92 Å². The summed E-state index contributed by atoms with van der Waals surface area (Å²) in [5, 5.41) is 0. The summed E-state index contributed by atoms with van der Waals surface area (Å²) in [4.78, 5) is 14.5. The summed E-state index contributed by atoms with van der Waals surface area (Å²) in [7, 11) is 0. The fraction of sp³-hybridized carbons (Fsp3) is 0.533. The second-order valence-electron chi connectivity index (χ2n) is 5.63. The first-order valence-electron chi connectivity index (χ1n) is 6.83. The van der Waals surface area contributed by atoms with Gasteiger partial charge in [-0.2, -0.15) is 0 Å². The predicted molar refractivity (Wildman–Crippen MR) is 72.1 cm³/mol. The Morgan fingerprint density at radius 3 is 2.39 bits per heavy atom. The number of hydrogen-bond acceptors (Lipinski definition) is 2. The van der Waals surface area contributed by atoms with E-state index in [1.54, 1.807) is 0 Å². The molecule has 2 fully saturated rings. The van der Waals surface area contributed by atoms with E-state index in [4.69, 9.17) is 5.73 Å². The van der Waals surface area contributed by atoms with Gasteiger partial charge in [0.25, 0.3) is 0 Å². The Morgan fingerprint density at radius 1 is 1.33 bits per heavy atom. The zero-order valence-corrected chi connectivity index (χ0v) is 10.8. The van der Waals surface area contributed by atoms with Gasteiger partial charge in [-0.05, 0) is 42.9 Å². The Kier molecular flexibility index (Phi) is 2.86. The maximum absolute atomic E-state index is 12.5. The minimum absolute atomic E-state index is 0.264. The number of carbonyl (C=O) groups is 1. The SMILES string of the molecule is CC1CC1C(=O)N(c1ccc(CN)cc1)C1CC1. The molecule has 18 heavy (non-hydrogen) atoms. The Labute approximate surface area is 108 Å². The van der Waals surface area contributed by atoms with Crippen LogP contribution in [0.5, 0.6) is 0 Å². The van der Waals surface area contributed by atoms with Gasteiger partial charge >= 0.3 is 0 Å². The Hall–Kier alpha value is -1.35. The molecule has 0 aromatic heterocycles. The Bertz CT molecular complexity index is 450. The number of nitrogens with zero attached hydrogens (tertiary/aromatic N) is 1. The van der Waals surface area contributed by atoms with Crippen molar-refractivity contribution in [3.05, 3.63) is 29.8 Å². The van der Waals surface area contributed by atoms with Crippen LogP contribution in [0.3, 0.4) is 0 Å². The van der Waals surface area contributed by atoms with E-state index in [2.05, 4.69) is 6.92 Å². The topological polar surface area (TPSA) is 46.3 Å². The molecule has 2 unspecified atom stereocenters. The van der Waals surface area contributed by atoms with Gasteiger partial charge in [0.1, 0.15) is 0 Å². The summed E-state index contributed by atoms with van der Waals surface area (Å²) in [5.41, 5.74) is 7.76. The molecule has 1 aromatic rings. The molecule has 2 aliphatic carbocycles. The molecule has 0 aliphatic heterocycles. The standard InChI is InChI=1S/C15H20N2O/c1-10-8-14(10)15(18)17(13-6-7-13)12-4-2-11(9-16)3-5-12/h2-5,10,13-14H,6-9,16H2,1H3. The third-order valence-electron chi connectivity index (χ3n) is 4.03. The second-order valence-corrected chi connectivity index (χ2v) is 5.63. The molecule has 1 amide bonds. The number of carbonyl (C=O) groups excluding carboxylic acids is 1. The van der Waals surface area contributed by atoms with Crippen LogP contribution in [0.4, 0.5) is 5.69 Å². The van der Waals surface area contributed by atoms with Gasteiger partial charge in [-0.15, -0.1) is 0 Å². The first kappa shape index (κ1) is 11.7. The minimum atomic E-state index is 0.264. The maximum atomic E-state index is 12.5. The molecular weight excluding hydrogens is 224 g/mol. The molecule has 2 atom stereocenters. The molecule has 3 rings (SSSR count). The van der Waals surface area contributed by atoms with Crippen molar-refractivity contribution < 1.29 is 4.79 Å². The average Bonchev–Trinajstić information content (AvgIpc) is 3.27. The van der Waals surface area contributed by atoms with E-state index < -0.39 is 0 Å². The van der Waals surface area contributed by atoms with Crippen molar-refractivity contribution in [3.63, 3.8) is 0 Å². The first-order valence-corrected chi connectivity index (χ1v) is 6.83. The van der Waals surface area contributed by atoms with Gasteiger partial charge in [-0.25, -0.2) is 0 Å². The second kappa shape index (κ2) is 4.39. The van der Waals surface area contributed by atoms with Crippen LogP contribution in [0.1, 0.15) is 31.7 Å². The van der Waals surface area contributed by atoms with E-state index >= 15 is 0 Å². The highest BCUT2D eigenvalue weighted by Crippen LogP contribution is 2.43. The zero-order chi connectivity index (χ0) is 12.7. The molecule has 1 aromatic carbocycles. The predicted octanol–water partition coefficient (Wildman–Crippen LogP) is 2.30. The average molecular weight is 244 g/mol. The van der Waals surface area contributed by atoms with Crippen molar-refractivity contribution in [1.82, 2.24) is 0 Å². The highest BCUT2D eigenvalue weighted by atomic mass is 16.2. The monoisotopic (exact) mass is 244 g/mol. The van der Waals surface area contributed by atoms with Crippen molar-refractivity contribution in [1.29, 1.82) is 0 Å². The molecule has 0 saturated heterocycles. The smallest absolute Gasteiger partial charge is 0.230 e. The van der Waals surface area contributed by atoms with Gasteiger partial charge in [-0.1, -0.05) is 19.1 Å². The lowest BCUT2D eigenvalue weighted by Gasteiger charge is -2.23. The molecule has 3 heteroatoms. The molecule has 0 heterocycles. The van der Waals surface area contributed by atoms with Crippen LogP contribution in [0.25, 0.3) is 0 Å². The fourth-order valence-electron chi connectivity index (χ4n) is 2.49. The fourth-order valence-corrected chi connectivity index (χ4v) is 2.49. The Morgan fingerprint density at radius 2 is 1.94 bits per heavy atom. The van der Waals surface area contributed by atoms with Crippen LogP contribution in [-0.4, -0.2) is 11.9 Å². The van der Waals surface area contributed by atoms with Crippen molar-refractivity contribution in [2.24, 2.45) is 17.6 Å². The highest BCUT2D eigenvalue weighted by Gasteiger charge is 2.45. The molecule has 0 spiro atoms. The lowest BCUT2D eigenvalue weighted by Crippen LogP contribution is -2.34. The summed E-state index contributed by atoms with van der Waals surface area (Å²) in [6.07, 6.45) is 3.35. The van der Waals surface area contributed by atoms with Gasteiger partial charge in [0, 0.05) is 24.2 Å². The van der Waals surface area contributed by atoms with Gasteiger partial charge in [0.05, 0.1) is 0 Å². The normalized spacial score (nSPS) is 25.9. The van der Waals surface area contributed by atoms with Crippen molar-refractivity contribution in [2.75, 3.05) is 4.90 Å². The minimum Gasteiger partial charge on any atom is -0.326 e. The summed E-state index contributed by atoms with van der Waals surface area (Å²) >= 11 is 0. The van der Waals surface area contributed by atoms with Crippen LogP contribution in [0.15, 0.2) is 24.3 Å². The van der Waals surface area contributed by atoms with Gasteiger partial charge in [-0.3, -0.25) is 4.79 Å². The van der Waals surface area contributed by atoms with Gasteiger partial charge in [0.15, 0.2) is 0 Å². The van der Waals surface area contributed by atoms with Crippen LogP contribution in [0.2, 0.25) is 0 Å². The number of benzene rings is 1. The number of hydrogen-bond donors (Lipinski definition) is 1. The van der Waals surface area contributed by atoms with Gasteiger partial charge in [0.2, 0.25) is 5.91 Å². The quantitative estimate of drug-likeness (QED) is 0.883. The van der Waals surface area contributed by atoms with Crippen LogP contribution < -0.4 is 10.6 Å². The molecule has 96 valence electrons. The summed E-state index contributed by atoms with van der Waals surface area (Å²) in [5.74, 6) is 1.16. The molecule has 2 N–H and O–H groups in total. The molecule has 2 saturated carbocycles. The van der Waals surface area contributed by atoms with Crippen LogP contribution in [-0.2, 0) is 11.3 Å². The first-order chi connectivity index (χ1) is 8.70. The number of anilines is 1. The van der Waals surface area contributed by atoms with E-state index in [1.807, 2.05) is 29.2 Å². The third kappa shape index (κ3) is 2.15. The highest BCUT2D eigenvalue weighted by molar-refractivity contribution is 5.97. The molecule has 0 radical (unpaired) electrons. The Balaban J connectivity index is 1.82. The van der Waals surface area contributed by atoms with E-state index in [0.29, 0.717) is 24.4 Å². The number of rotatable bonds is 4. The van der Waals surface area contributed by atoms with E-state index in [0.717, 1.165) is 30.5 Å². The number of amides is 1.